The maximum atomic E-state index is 12.0. The molecule has 0 fully saturated rings. The van der Waals surface area contributed by atoms with Crippen molar-refractivity contribution in [3.8, 4) is 11.3 Å². The number of hydrogen-bond acceptors (Lipinski definition) is 5. The Balaban J connectivity index is 2.06. The van der Waals surface area contributed by atoms with Crippen molar-refractivity contribution in [3.05, 3.63) is 65.2 Å². The van der Waals surface area contributed by atoms with Gasteiger partial charge in [0.2, 0.25) is 0 Å². The van der Waals surface area contributed by atoms with Crippen molar-refractivity contribution in [3.63, 3.8) is 0 Å². The lowest BCUT2D eigenvalue weighted by atomic mass is 10.0. The number of methoxy groups -OCH3 is 1. The summed E-state index contributed by atoms with van der Waals surface area (Å²) in [4.78, 5) is 24.0. The highest BCUT2D eigenvalue weighted by Crippen LogP contribution is 2.35. The zero-order chi connectivity index (χ0) is 20.8. The molecule has 29 heavy (non-hydrogen) atoms. The second-order valence-corrected chi connectivity index (χ2v) is 6.77. The molecule has 0 bridgehead atoms. The van der Waals surface area contributed by atoms with Gasteiger partial charge in [0.05, 0.1) is 19.3 Å². The number of rotatable bonds is 7. The minimum atomic E-state index is -0.432. The Morgan fingerprint density at radius 1 is 1.10 bits per heavy atom. The number of aryl methyl sites for hydroxylation is 1. The summed E-state index contributed by atoms with van der Waals surface area (Å²) in [6.45, 7) is 4.44. The molecule has 0 radical (unpaired) electrons. The number of ether oxygens (including phenoxy) is 2. The normalized spacial score (nSPS) is 11.1. The lowest BCUT2D eigenvalue weighted by Crippen LogP contribution is -2.01. The fourth-order valence-electron chi connectivity index (χ4n) is 2.96. The van der Waals surface area contributed by atoms with E-state index in [2.05, 4.69) is 0 Å². The SMILES string of the molecule is CCCCOC(=O)/C=C/c1c(-c2ccc(C)cc2)oc2ccc(C(=O)OC)cc12. The van der Waals surface area contributed by atoms with Crippen LogP contribution in [0.15, 0.2) is 53.0 Å². The minimum absolute atomic E-state index is 0.392. The van der Waals surface area contributed by atoms with E-state index in [1.165, 1.54) is 13.2 Å². The summed E-state index contributed by atoms with van der Waals surface area (Å²) < 4.78 is 16.1. The molecule has 0 amide bonds. The fourth-order valence-corrected chi connectivity index (χ4v) is 2.96. The number of unbranched alkanes of at least 4 members (excludes halogenated alkanes) is 1. The Labute approximate surface area is 169 Å². The molecule has 0 aliphatic heterocycles. The topological polar surface area (TPSA) is 65.7 Å². The zero-order valence-corrected chi connectivity index (χ0v) is 16.9. The van der Waals surface area contributed by atoms with Crippen LogP contribution in [0.1, 0.15) is 41.3 Å². The van der Waals surface area contributed by atoms with Crippen LogP contribution < -0.4 is 0 Å². The Bertz CT molecular complexity index is 1040. The number of fused-ring (bicyclic) bond motifs is 1. The third-order valence-electron chi connectivity index (χ3n) is 4.59. The number of hydrogen-bond donors (Lipinski definition) is 0. The Morgan fingerprint density at radius 3 is 2.55 bits per heavy atom. The first-order valence-corrected chi connectivity index (χ1v) is 9.60. The van der Waals surface area contributed by atoms with Crippen LogP contribution in [0.2, 0.25) is 0 Å². The molecule has 2 aromatic carbocycles. The van der Waals surface area contributed by atoms with Crippen LogP contribution in [0, 0.1) is 6.92 Å². The van der Waals surface area contributed by atoms with Gasteiger partial charge in [-0.15, -0.1) is 0 Å². The van der Waals surface area contributed by atoms with Gasteiger partial charge in [-0.05, 0) is 37.6 Å². The first-order valence-electron chi connectivity index (χ1n) is 9.60. The Kier molecular flexibility index (Phi) is 6.50. The van der Waals surface area contributed by atoms with Gasteiger partial charge < -0.3 is 13.9 Å². The third kappa shape index (κ3) is 4.74. The second-order valence-electron chi connectivity index (χ2n) is 6.77. The highest BCUT2D eigenvalue weighted by Gasteiger charge is 2.17. The largest absolute Gasteiger partial charge is 0.465 e. The molecule has 0 saturated heterocycles. The van der Waals surface area contributed by atoms with Crippen LogP contribution >= 0.6 is 0 Å². The molecule has 3 rings (SSSR count). The highest BCUT2D eigenvalue weighted by atomic mass is 16.5. The van der Waals surface area contributed by atoms with Crippen molar-refractivity contribution < 1.29 is 23.5 Å². The lowest BCUT2D eigenvalue weighted by molar-refractivity contribution is -0.137. The molecule has 5 nitrogen and oxygen atoms in total. The Hall–Kier alpha value is -3.34. The third-order valence-corrected chi connectivity index (χ3v) is 4.59. The van der Waals surface area contributed by atoms with E-state index in [0.29, 0.717) is 29.1 Å². The predicted molar refractivity (Wildman–Crippen MR) is 113 cm³/mol. The summed E-state index contributed by atoms with van der Waals surface area (Å²) >= 11 is 0. The van der Waals surface area contributed by atoms with Crippen molar-refractivity contribution in [1.29, 1.82) is 0 Å². The van der Waals surface area contributed by atoms with Gasteiger partial charge in [-0.1, -0.05) is 43.2 Å². The maximum absolute atomic E-state index is 12.0. The van der Waals surface area contributed by atoms with E-state index in [4.69, 9.17) is 13.9 Å². The number of benzene rings is 2. The summed E-state index contributed by atoms with van der Waals surface area (Å²) in [6.07, 6.45) is 4.85. The minimum Gasteiger partial charge on any atom is -0.465 e. The molecule has 3 aromatic rings. The van der Waals surface area contributed by atoms with Crippen molar-refractivity contribution in [2.45, 2.75) is 26.7 Å². The molecule has 150 valence electrons. The second kappa shape index (κ2) is 9.24. The summed E-state index contributed by atoms with van der Waals surface area (Å²) in [5.41, 5.74) is 3.76. The van der Waals surface area contributed by atoms with E-state index in [1.54, 1.807) is 24.3 Å². The average molecular weight is 392 g/mol. The van der Waals surface area contributed by atoms with Crippen LogP contribution in [0.5, 0.6) is 0 Å². The van der Waals surface area contributed by atoms with Crippen LogP contribution in [-0.2, 0) is 14.3 Å². The van der Waals surface area contributed by atoms with E-state index >= 15 is 0 Å². The monoisotopic (exact) mass is 392 g/mol. The van der Waals surface area contributed by atoms with Crippen molar-refractivity contribution in [2.75, 3.05) is 13.7 Å². The smallest absolute Gasteiger partial charge is 0.337 e. The lowest BCUT2D eigenvalue weighted by Gasteiger charge is -2.02. The molecule has 0 atom stereocenters. The summed E-state index contributed by atoms with van der Waals surface area (Å²) in [5, 5.41) is 0.723. The van der Waals surface area contributed by atoms with E-state index in [-0.39, 0.29) is 0 Å². The number of furan rings is 1. The predicted octanol–water partition coefficient (Wildman–Crippen LogP) is 5.55. The van der Waals surface area contributed by atoms with Gasteiger partial charge in [-0.2, -0.15) is 0 Å². The molecular weight excluding hydrogens is 368 g/mol. The molecule has 1 heterocycles. The number of esters is 2. The molecule has 5 heteroatoms. The molecule has 0 unspecified atom stereocenters. The van der Waals surface area contributed by atoms with Gasteiger partial charge in [0.1, 0.15) is 11.3 Å². The van der Waals surface area contributed by atoms with Gasteiger partial charge in [-0.25, -0.2) is 9.59 Å². The van der Waals surface area contributed by atoms with Gasteiger partial charge in [0.25, 0.3) is 0 Å². The first kappa shape index (κ1) is 20.4. The number of carbonyl (C=O) groups is 2. The Morgan fingerprint density at radius 2 is 1.86 bits per heavy atom. The van der Waals surface area contributed by atoms with Gasteiger partial charge >= 0.3 is 11.9 Å². The first-order chi connectivity index (χ1) is 14.0. The summed E-state index contributed by atoms with van der Waals surface area (Å²) in [5.74, 6) is -0.217. The highest BCUT2D eigenvalue weighted by molar-refractivity contribution is 6.01. The van der Waals surface area contributed by atoms with Crippen molar-refractivity contribution >= 4 is 29.0 Å². The molecule has 0 saturated carbocycles. The molecule has 0 aliphatic carbocycles. The molecule has 0 aliphatic rings. The summed E-state index contributed by atoms with van der Waals surface area (Å²) in [7, 11) is 1.34. The van der Waals surface area contributed by atoms with E-state index in [1.807, 2.05) is 38.1 Å². The summed E-state index contributed by atoms with van der Waals surface area (Å²) in [6, 6.07) is 13.0. The van der Waals surface area contributed by atoms with Crippen LogP contribution in [0.25, 0.3) is 28.4 Å². The molecule has 0 N–H and O–H groups in total. The van der Waals surface area contributed by atoms with Crippen LogP contribution in [0.4, 0.5) is 0 Å². The van der Waals surface area contributed by atoms with Crippen molar-refractivity contribution in [2.24, 2.45) is 0 Å². The average Bonchev–Trinajstić information content (AvgIpc) is 3.10. The van der Waals surface area contributed by atoms with E-state index < -0.39 is 11.9 Å². The van der Waals surface area contributed by atoms with Crippen LogP contribution in [0.3, 0.4) is 0 Å². The van der Waals surface area contributed by atoms with Gasteiger partial charge in [0.15, 0.2) is 0 Å². The zero-order valence-electron chi connectivity index (χ0n) is 16.9. The molecule has 0 spiro atoms. The van der Waals surface area contributed by atoms with Gasteiger partial charge in [0, 0.05) is 22.6 Å². The maximum Gasteiger partial charge on any atom is 0.337 e. The van der Waals surface area contributed by atoms with Crippen LogP contribution in [-0.4, -0.2) is 25.7 Å². The standard InChI is InChI=1S/C24H24O5/c1-4-5-14-28-22(25)13-11-19-20-15-18(24(26)27-3)10-12-21(20)29-23(19)17-8-6-16(2)7-9-17/h6-13,15H,4-5,14H2,1-3H3/b13-11+. The molecule has 1 aromatic heterocycles. The van der Waals surface area contributed by atoms with Crippen molar-refractivity contribution in [1.82, 2.24) is 0 Å². The fraction of sp³-hybridized carbons (Fsp3) is 0.250. The number of carbonyl (C=O) groups excluding carboxylic acids is 2. The molecular formula is C24H24O5. The van der Waals surface area contributed by atoms with E-state index in [9.17, 15) is 9.59 Å². The van der Waals surface area contributed by atoms with Gasteiger partial charge in [-0.3, -0.25) is 0 Å². The quantitative estimate of drug-likeness (QED) is 0.300. The van der Waals surface area contributed by atoms with E-state index in [0.717, 1.165) is 29.4 Å².